The lowest BCUT2D eigenvalue weighted by Crippen LogP contribution is -2.42. The fraction of sp³-hybridized carbons (Fsp3) is 0.655. The van der Waals surface area contributed by atoms with Crippen molar-refractivity contribution in [3.63, 3.8) is 0 Å². The minimum atomic E-state index is -1.10. The summed E-state index contributed by atoms with van der Waals surface area (Å²) in [6.45, 7) is 9.81. The molecule has 39 heavy (non-hydrogen) atoms. The number of unbranched alkanes of at least 4 members (excludes halogenated alkanes) is 4. The maximum atomic E-state index is 12.4. The lowest BCUT2D eigenvalue weighted by atomic mass is 10.0. The van der Waals surface area contributed by atoms with Gasteiger partial charge in [0.25, 0.3) is 0 Å². The van der Waals surface area contributed by atoms with Crippen molar-refractivity contribution in [3.05, 3.63) is 23.8 Å². The average molecular weight is 552 g/mol. The fourth-order valence-electron chi connectivity index (χ4n) is 3.49. The van der Waals surface area contributed by atoms with Gasteiger partial charge in [-0.15, -0.1) is 0 Å². The fourth-order valence-corrected chi connectivity index (χ4v) is 3.49. The summed E-state index contributed by atoms with van der Waals surface area (Å²) in [6.07, 6.45) is 4.16. The lowest BCUT2D eigenvalue weighted by molar-refractivity contribution is -0.139. The van der Waals surface area contributed by atoms with Crippen LogP contribution in [0.5, 0.6) is 11.5 Å². The third-order valence-corrected chi connectivity index (χ3v) is 5.65. The van der Waals surface area contributed by atoms with Crippen LogP contribution in [-0.4, -0.2) is 54.5 Å². The predicted molar refractivity (Wildman–Crippen MR) is 146 cm³/mol. The zero-order valence-electron chi connectivity index (χ0n) is 24.0. The molecule has 0 saturated heterocycles. The number of carboxylic acid groups (broad SMARTS) is 1. The van der Waals surface area contributed by atoms with Crippen molar-refractivity contribution in [2.24, 2.45) is 5.92 Å². The van der Waals surface area contributed by atoms with Crippen LogP contribution in [0.1, 0.15) is 91.5 Å². The van der Waals surface area contributed by atoms with E-state index in [1.54, 1.807) is 13.0 Å². The van der Waals surface area contributed by atoms with E-state index in [1.807, 2.05) is 27.7 Å². The highest BCUT2D eigenvalue weighted by Gasteiger charge is 2.22. The maximum Gasteiger partial charge on any atom is 0.508 e. The van der Waals surface area contributed by atoms with E-state index in [4.69, 9.17) is 18.9 Å². The number of esters is 2. The predicted octanol–water partition coefficient (Wildman–Crippen LogP) is 5.44. The van der Waals surface area contributed by atoms with E-state index in [-0.39, 0.29) is 49.8 Å². The molecule has 0 spiro atoms. The van der Waals surface area contributed by atoms with Gasteiger partial charge in [-0.05, 0) is 49.8 Å². The summed E-state index contributed by atoms with van der Waals surface area (Å²) in [5.74, 6) is -1.62. The van der Waals surface area contributed by atoms with Crippen molar-refractivity contribution in [2.75, 3.05) is 13.2 Å². The molecule has 0 bridgehead atoms. The molecule has 10 nitrogen and oxygen atoms in total. The second-order valence-electron chi connectivity index (χ2n) is 10.0. The van der Waals surface area contributed by atoms with Gasteiger partial charge in [0.05, 0.1) is 6.61 Å². The quantitative estimate of drug-likeness (QED) is 0.130. The Morgan fingerprint density at radius 1 is 0.872 bits per heavy atom. The Bertz CT molecular complexity index is 916. The molecular weight excluding hydrogens is 506 g/mol. The summed E-state index contributed by atoms with van der Waals surface area (Å²) >= 11 is 0. The van der Waals surface area contributed by atoms with E-state index < -0.39 is 36.2 Å². The topological polar surface area (TPSA) is 137 Å². The van der Waals surface area contributed by atoms with Crippen molar-refractivity contribution in [1.82, 2.24) is 5.32 Å². The minimum absolute atomic E-state index is 0.0466. The number of ether oxygens (including phenoxy) is 4. The Labute approximate surface area is 231 Å². The summed E-state index contributed by atoms with van der Waals surface area (Å²) in [5, 5.41) is 12.6. The molecule has 0 aliphatic rings. The first-order chi connectivity index (χ1) is 18.5. The standard InChI is InChI=1S/C29H45NO9/c1-6-8-10-12-26(31)38-24-15-14-22(17-25(24)39-27(32)13-11-9-7-2)16-23(28(33)34)30-18-21(5)37-29(35)36-19-20(3)4/h14-15,17,20-21,23,30H,6-13,16,18-19H2,1-5H3,(H,33,34)/t21?,23-/m0/s1. The molecule has 220 valence electrons. The molecule has 2 N–H and O–H groups in total. The molecule has 0 radical (unpaired) electrons. The van der Waals surface area contributed by atoms with Crippen molar-refractivity contribution >= 4 is 24.1 Å². The second-order valence-corrected chi connectivity index (χ2v) is 10.0. The largest absolute Gasteiger partial charge is 0.508 e. The minimum Gasteiger partial charge on any atom is -0.480 e. The molecule has 1 aromatic carbocycles. The van der Waals surface area contributed by atoms with Gasteiger partial charge in [0, 0.05) is 19.4 Å². The van der Waals surface area contributed by atoms with Crippen molar-refractivity contribution in [1.29, 1.82) is 0 Å². The maximum absolute atomic E-state index is 12.4. The van der Waals surface area contributed by atoms with E-state index in [0.29, 0.717) is 18.4 Å². The van der Waals surface area contributed by atoms with Gasteiger partial charge in [-0.2, -0.15) is 0 Å². The number of carbonyl (C=O) groups is 4. The molecule has 1 aromatic rings. The van der Waals surface area contributed by atoms with E-state index in [9.17, 15) is 24.3 Å². The first-order valence-corrected chi connectivity index (χ1v) is 13.9. The van der Waals surface area contributed by atoms with Crippen LogP contribution in [0.15, 0.2) is 18.2 Å². The molecular formula is C29H45NO9. The molecule has 1 rings (SSSR count). The molecule has 0 heterocycles. The van der Waals surface area contributed by atoms with Crippen LogP contribution in [0.4, 0.5) is 4.79 Å². The summed E-state index contributed by atoms with van der Waals surface area (Å²) in [4.78, 5) is 48.4. The second kappa shape index (κ2) is 19.0. The number of benzene rings is 1. The van der Waals surface area contributed by atoms with E-state index in [0.717, 1.165) is 25.7 Å². The smallest absolute Gasteiger partial charge is 0.480 e. The van der Waals surface area contributed by atoms with Gasteiger partial charge in [-0.1, -0.05) is 59.4 Å². The SMILES string of the molecule is CCCCCC(=O)Oc1ccc(C[C@H](NCC(C)OC(=O)OCC(C)C)C(=O)O)cc1OC(=O)CCCCC. The number of carboxylic acids is 1. The van der Waals surface area contributed by atoms with E-state index >= 15 is 0 Å². The highest BCUT2D eigenvalue weighted by molar-refractivity contribution is 5.77. The Morgan fingerprint density at radius 3 is 2.00 bits per heavy atom. The van der Waals surface area contributed by atoms with Crippen LogP contribution in [-0.2, 0) is 30.3 Å². The third kappa shape index (κ3) is 15.1. The van der Waals surface area contributed by atoms with E-state index in [1.165, 1.54) is 12.1 Å². The van der Waals surface area contributed by atoms with Crippen LogP contribution < -0.4 is 14.8 Å². The van der Waals surface area contributed by atoms with Gasteiger partial charge >= 0.3 is 24.1 Å². The summed E-state index contributed by atoms with van der Waals surface area (Å²) in [6, 6.07) is 3.65. The number of carbonyl (C=O) groups excluding carboxylic acids is 3. The molecule has 0 amide bonds. The molecule has 0 fully saturated rings. The summed E-state index contributed by atoms with van der Waals surface area (Å²) in [5.41, 5.74) is 0.557. The molecule has 0 aliphatic heterocycles. The highest BCUT2D eigenvalue weighted by Crippen LogP contribution is 2.30. The number of hydrogen-bond acceptors (Lipinski definition) is 9. The van der Waals surface area contributed by atoms with Crippen molar-refractivity contribution < 1.29 is 43.2 Å². The highest BCUT2D eigenvalue weighted by atomic mass is 16.7. The molecule has 0 saturated carbocycles. The molecule has 10 heteroatoms. The number of aliphatic carboxylic acids is 1. The molecule has 1 unspecified atom stereocenters. The summed E-state index contributed by atoms with van der Waals surface area (Å²) in [7, 11) is 0. The van der Waals surface area contributed by atoms with Gasteiger partial charge in [0.1, 0.15) is 12.1 Å². The van der Waals surface area contributed by atoms with Gasteiger partial charge < -0.3 is 29.4 Å². The van der Waals surface area contributed by atoms with Crippen LogP contribution in [0, 0.1) is 5.92 Å². The van der Waals surface area contributed by atoms with Crippen LogP contribution >= 0.6 is 0 Å². The lowest BCUT2D eigenvalue weighted by Gasteiger charge is -2.19. The number of hydrogen-bond donors (Lipinski definition) is 2. The van der Waals surface area contributed by atoms with Crippen LogP contribution in [0.3, 0.4) is 0 Å². The van der Waals surface area contributed by atoms with E-state index in [2.05, 4.69) is 5.32 Å². The van der Waals surface area contributed by atoms with Crippen LogP contribution in [0.25, 0.3) is 0 Å². The van der Waals surface area contributed by atoms with Gasteiger partial charge in [0.2, 0.25) is 0 Å². The van der Waals surface area contributed by atoms with Crippen molar-refractivity contribution in [2.45, 2.75) is 105 Å². The molecule has 2 atom stereocenters. The van der Waals surface area contributed by atoms with Gasteiger partial charge in [0.15, 0.2) is 11.5 Å². The zero-order valence-corrected chi connectivity index (χ0v) is 24.0. The normalized spacial score (nSPS) is 12.5. The zero-order chi connectivity index (χ0) is 29.2. The first kappa shape index (κ1) is 33.9. The Kier molecular flexibility index (Phi) is 16.5. The first-order valence-electron chi connectivity index (χ1n) is 13.9. The molecule has 0 aliphatic carbocycles. The Morgan fingerprint density at radius 2 is 1.46 bits per heavy atom. The monoisotopic (exact) mass is 551 g/mol. The summed E-state index contributed by atoms with van der Waals surface area (Å²) < 4.78 is 21.1. The number of nitrogens with one attached hydrogen (secondary N) is 1. The molecule has 0 aromatic heterocycles. The van der Waals surface area contributed by atoms with Crippen molar-refractivity contribution in [3.8, 4) is 11.5 Å². The van der Waals surface area contributed by atoms with Crippen LogP contribution in [0.2, 0.25) is 0 Å². The third-order valence-electron chi connectivity index (χ3n) is 5.65. The average Bonchev–Trinajstić information content (AvgIpc) is 2.86. The Balaban J connectivity index is 2.91. The van der Waals surface area contributed by atoms with Gasteiger partial charge in [-0.3, -0.25) is 14.4 Å². The Hall–Kier alpha value is -3.14. The van der Waals surface area contributed by atoms with Gasteiger partial charge in [-0.25, -0.2) is 4.79 Å². The number of rotatable bonds is 19.